The standard InChI is InChI=1S/C10H12ClNO3S/c1-16-6-2-5-15-10-7-8(11)3-4-9(10)12(13)14/h3-4,7H,2,5-6H2,1H3. The monoisotopic (exact) mass is 261 g/mol. The summed E-state index contributed by atoms with van der Waals surface area (Å²) in [6, 6.07) is 4.31. The molecule has 0 N–H and O–H groups in total. The second-order valence-electron chi connectivity index (χ2n) is 3.06. The lowest BCUT2D eigenvalue weighted by Crippen LogP contribution is -2.01. The van der Waals surface area contributed by atoms with Crippen molar-refractivity contribution in [2.75, 3.05) is 18.6 Å². The molecule has 1 aromatic rings. The van der Waals surface area contributed by atoms with Gasteiger partial charge < -0.3 is 4.74 Å². The van der Waals surface area contributed by atoms with E-state index in [4.69, 9.17) is 16.3 Å². The Kier molecular flexibility index (Phi) is 5.42. The van der Waals surface area contributed by atoms with Crippen molar-refractivity contribution in [3.05, 3.63) is 33.3 Å². The van der Waals surface area contributed by atoms with Gasteiger partial charge in [-0.3, -0.25) is 10.1 Å². The largest absolute Gasteiger partial charge is 0.487 e. The van der Waals surface area contributed by atoms with Crippen LogP contribution < -0.4 is 4.74 Å². The van der Waals surface area contributed by atoms with Crippen LogP contribution in [0, 0.1) is 10.1 Å². The van der Waals surface area contributed by atoms with Crippen molar-refractivity contribution in [2.24, 2.45) is 0 Å². The first-order chi connectivity index (χ1) is 7.65. The third-order valence-corrected chi connectivity index (χ3v) is 2.80. The van der Waals surface area contributed by atoms with Crippen molar-refractivity contribution in [2.45, 2.75) is 6.42 Å². The van der Waals surface area contributed by atoms with Crippen molar-refractivity contribution in [1.29, 1.82) is 0 Å². The van der Waals surface area contributed by atoms with Gasteiger partial charge in [-0.05, 0) is 24.5 Å². The lowest BCUT2D eigenvalue weighted by atomic mass is 10.3. The topological polar surface area (TPSA) is 52.4 Å². The predicted octanol–water partition coefficient (Wildman–Crippen LogP) is 3.38. The number of ether oxygens (including phenoxy) is 1. The first kappa shape index (κ1) is 13.1. The summed E-state index contributed by atoms with van der Waals surface area (Å²) < 4.78 is 5.34. The van der Waals surface area contributed by atoms with E-state index in [0.717, 1.165) is 12.2 Å². The van der Waals surface area contributed by atoms with Gasteiger partial charge in [0, 0.05) is 17.2 Å². The molecule has 0 aliphatic rings. The molecule has 0 saturated heterocycles. The Bertz CT molecular complexity index is 373. The van der Waals surface area contributed by atoms with E-state index in [0.29, 0.717) is 11.6 Å². The van der Waals surface area contributed by atoms with Gasteiger partial charge in [-0.15, -0.1) is 0 Å². The maximum absolute atomic E-state index is 10.7. The third kappa shape index (κ3) is 3.90. The molecule has 0 aliphatic carbocycles. The maximum atomic E-state index is 10.7. The molecular weight excluding hydrogens is 250 g/mol. The average molecular weight is 262 g/mol. The van der Waals surface area contributed by atoms with Crippen LogP contribution in [0.1, 0.15) is 6.42 Å². The minimum absolute atomic E-state index is 0.0476. The van der Waals surface area contributed by atoms with Crippen molar-refractivity contribution in [1.82, 2.24) is 0 Å². The van der Waals surface area contributed by atoms with Crippen LogP contribution in [0.25, 0.3) is 0 Å². The van der Waals surface area contributed by atoms with Crippen molar-refractivity contribution in [3.8, 4) is 5.75 Å². The number of nitro benzene ring substituents is 1. The zero-order valence-electron chi connectivity index (χ0n) is 8.81. The van der Waals surface area contributed by atoms with E-state index in [1.807, 2.05) is 6.26 Å². The number of hydrogen-bond acceptors (Lipinski definition) is 4. The van der Waals surface area contributed by atoms with Crippen LogP contribution in [0.15, 0.2) is 18.2 Å². The minimum atomic E-state index is -0.472. The average Bonchev–Trinajstić information content (AvgIpc) is 2.24. The highest BCUT2D eigenvalue weighted by molar-refractivity contribution is 7.98. The van der Waals surface area contributed by atoms with Gasteiger partial charge >= 0.3 is 5.69 Å². The Labute approximate surface area is 103 Å². The fourth-order valence-electron chi connectivity index (χ4n) is 1.14. The lowest BCUT2D eigenvalue weighted by molar-refractivity contribution is -0.385. The van der Waals surface area contributed by atoms with Crippen LogP contribution in [0.3, 0.4) is 0 Å². The number of nitrogens with zero attached hydrogens (tertiary/aromatic N) is 1. The van der Waals surface area contributed by atoms with Crippen molar-refractivity contribution < 1.29 is 9.66 Å². The molecular formula is C10H12ClNO3S. The summed E-state index contributed by atoms with van der Waals surface area (Å²) in [5.74, 6) is 1.20. The Balaban J connectivity index is 2.68. The predicted molar refractivity (Wildman–Crippen MR) is 66.6 cm³/mol. The van der Waals surface area contributed by atoms with Gasteiger partial charge in [-0.2, -0.15) is 11.8 Å². The van der Waals surface area contributed by atoms with E-state index in [9.17, 15) is 10.1 Å². The summed E-state index contributed by atoms with van der Waals surface area (Å²) >= 11 is 7.47. The van der Waals surface area contributed by atoms with Crippen LogP contribution in [0.5, 0.6) is 5.75 Å². The summed E-state index contributed by atoms with van der Waals surface area (Å²) in [7, 11) is 0. The van der Waals surface area contributed by atoms with Crippen LogP contribution in [0.2, 0.25) is 5.02 Å². The van der Waals surface area contributed by atoms with Gasteiger partial charge in [0.25, 0.3) is 0 Å². The normalized spacial score (nSPS) is 10.1. The molecule has 0 bridgehead atoms. The molecule has 6 heteroatoms. The first-order valence-corrected chi connectivity index (χ1v) is 6.48. The highest BCUT2D eigenvalue weighted by atomic mass is 35.5. The Morgan fingerprint density at radius 3 is 2.94 bits per heavy atom. The molecule has 1 aromatic carbocycles. The fraction of sp³-hybridized carbons (Fsp3) is 0.400. The number of nitro groups is 1. The summed E-state index contributed by atoms with van der Waals surface area (Å²) in [5, 5.41) is 11.1. The lowest BCUT2D eigenvalue weighted by Gasteiger charge is -2.06. The third-order valence-electron chi connectivity index (χ3n) is 1.87. The SMILES string of the molecule is CSCCCOc1cc(Cl)ccc1[N+](=O)[O-]. The Morgan fingerprint density at radius 2 is 2.31 bits per heavy atom. The summed E-state index contributed by atoms with van der Waals surface area (Å²) in [4.78, 5) is 10.2. The van der Waals surface area contributed by atoms with E-state index < -0.39 is 4.92 Å². The molecule has 0 spiro atoms. The summed E-state index contributed by atoms with van der Waals surface area (Å²) in [5.41, 5.74) is -0.0476. The van der Waals surface area contributed by atoms with Crippen molar-refractivity contribution >= 4 is 29.1 Å². The number of thioether (sulfide) groups is 1. The molecule has 88 valence electrons. The number of benzene rings is 1. The summed E-state index contributed by atoms with van der Waals surface area (Å²) in [6.45, 7) is 0.460. The molecule has 0 unspecified atom stereocenters. The van der Waals surface area contributed by atoms with Crippen molar-refractivity contribution in [3.63, 3.8) is 0 Å². The zero-order chi connectivity index (χ0) is 12.0. The molecule has 0 amide bonds. The molecule has 0 radical (unpaired) electrons. The second kappa shape index (κ2) is 6.60. The minimum Gasteiger partial charge on any atom is -0.487 e. The quantitative estimate of drug-likeness (QED) is 0.447. The van der Waals surface area contributed by atoms with Gasteiger partial charge in [0.15, 0.2) is 5.75 Å². The van der Waals surface area contributed by atoms with Crippen LogP contribution >= 0.6 is 23.4 Å². The molecule has 4 nitrogen and oxygen atoms in total. The van der Waals surface area contributed by atoms with Gasteiger partial charge in [0.2, 0.25) is 0 Å². The second-order valence-corrected chi connectivity index (χ2v) is 4.49. The van der Waals surface area contributed by atoms with Crippen LogP contribution in [-0.2, 0) is 0 Å². The van der Waals surface area contributed by atoms with Gasteiger partial charge in [-0.1, -0.05) is 11.6 Å². The molecule has 16 heavy (non-hydrogen) atoms. The van der Waals surface area contributed by atoms with E-state index in [2.05, 4.69) is 0 Å². The van der Waals surface area contributed by atoms with Crippen LogP contribution in [-0.4, -0.2) is 23.5 Å². The highest BCUT2D eigenvalue weighted by Gasteiger charge is 2.14. The molecule has 0 atom stereocenters. The van der Waals surface area contributed by atoms with Gasteiger partial charge in [-0.25, -0.2) is 0 Å². The number of rotatable bonds is 6. The maximum Gasteiger partial charge on any atom is 0.311 e. The van der Waals surface area contributed by atoms with E-state index >= 15 is 0 Å². The fourth-order valence-corrected chi connectivity index (χ4v) is 1.71. The molecule has 0 fully saturated rings. The van der Waals surface area contributed by atoms with Crippen LogP contribution in [0.4, 0.5) is 5.69 Å². The van der Waals surface area contributed by atoms with Gasteiger partial charge in [0.05, 0.1) is 11.5 Å². The zero-order valence-corrected chi connectivity index (χ0v) is 10.4. The molecule has 0 saturated carbocycles. The summed E-state index contributed by atoms with van der Waals surface area (Å²) in [6.07, 6.45) is 2.85. The number of halogens is 1. The Hall–Kier alpha value is -0.940. The van der Waals surface area contributed by atoms with E-state index in [-0.39, 0.29) is 11.4 Å². The first-order valence-electron chi connectivity index (χ1n) is 4.71. The smallest absolute Gasteiger partial charge is 0.311 e. The Morgan fingerprint density at radius 1 is 1.56 bits per heavy atom. The molecule has 0 heterocycles. The molecule has 0 aromatic heterocycles. The van der Waals surface area contributed by atoms with E-state index in [1.165, 1.54) is 18.2 Å². The van der Waals surface area contributed by atoms with Gasteiger partial charge in [0.1, 0.15) is 0 Å². The van der Waals surface area contributed by atoms with E-state index in [1.54, 1.807) is 11.8 Å². The molecule has 0 aliphatic heterocycles. The highest BCUT2D eigenvalue weighted by Crippen LogP contribution is 2.29. The molecule has 1 rings (SSSR count). The number of hydrogen-bond donors (Lipinski definition) is 0.